The van der Waals surface area contributed by atoms with E-state index in [2.05, 4.69) is 5.32 Å². The predicted octanol–water partition coefficient (Wildman–Crippen LogP) is 0.656. The summed E-state index contributed by atoms with van der Waals surface area (Å²) in [4.78, 5) is 51.2. The smallest absolute Gasteiger partial charge is 0.262 e. The Balaban J connectivity index is 1.54. The third-order valence-electron chi connectivity index (χ3n) is 4.63. The molecule has 1 aromatic rings. The molecule has 3 rings (SSSR count). The molecular formula is C18H21N3O4. The molecule has 2 aliphatic rings. The molecule has 7 heteroatoms. The van der Waals surface area contributed by atoms with Crippen LogP contribution in [0, 0.1) is 5.92 Å². The van der Waals surface area contributed by atoms with Crippen LogP contribution in [0.5, 0.6) is 0 Å². The van der Waals surface area contributed by atoms with Gasteiger partial charge in [0.15, 0.2) is 0 Å². The summed E-state index contributed by atoms with van der Waals surface area (Å²) in [6.45, 7) is 4.59. The fourth-order valence-corrected chi connectivity index (χ4v) is 3.28. The maximum Gasteiger partial charge on any atom is 0.262 e. The largest absolute Gasteiger partial charge is 0.354 e. The van der Waals surface area contributed by atoms with Gasteiger partial charge in [-0.3, -0.25) is 24.1 Å². The van der Waals surface area contributed by atoms with E-state index in [1.165, 1.54) is 0 Å². The number of carbonyl (C=O) groups excluding carboxylic acids is 4. The molecule has 1 unspecified atom stereocenters. The lowest BCUT2D eigenvalue weighted by molar-refractivity contribution is -0.129. The van der Waals surface area contributed by atoms with Gasteiger partial charge in [-0.1, -0.05) is 12.1 Å². The molecule has 4 amide bonds. The van der Waals surface area contributed by atoms with Gasteiger partial charge in [0.1, 0.15) is 6.54 Å². The van der Waals surface area contributed by atoms with Crippen LogP contribution in [0.4, 0.5) is 0 Å². The van der Waals surface area contributed by atoms with Gasteiger partial charge in [-0.05, 0) is 26.0 Å². The van der Waals surface area contributed by atoms with Gasteiger partial charge in [0.2, 0.25) is 11.8 Å². The molecule has 1 atom stereocenters. The minimum Gasteiger partial charge on any atom is -0.354 e. The number of likely N-dealkylation sites (tertiary alicyclic amines) is 1. The van der Waals surface area contributed by atoms with Crippen molar-refractivity contribution in [2.45, 2.75) is 26.3 Å². The maximum atomic E-state index is 12.2. The number of carbonyl (C=O) groups is 4. The molecule has 1 aromatic carbocycles. The molecule has 0 radical (unpaired) electrons. The maximum absolute atomic E-state index is 12.2. The van der Waals surface area contributed by atoms with Gasteiger partial charge in [-0.15, -0.1) is 0 Å². The van der Waals surface area contributed by atoms with Crippen molar-refractivity contribution in [2.75, 3.05) is 19.6 Å². The van der Waals surface area contributed by atoms with Crippen LogP contribution in [-0.2, 0) is 9.59 Å². The Morgan fingerprint density at radius 3 is 2.28 bits per heavy atom. The average Bonchev–Trinajstić information content (AvgIpc) is 3.07. The predicted molar refractivity (Wildman–Crippen MR) is 89.8 cm³/mol. The van der Waals surface area contributed by atoms with E-state index in [4.69, 9.17) is 0 Å². The zero-order valence-corrected chi connectivity index (χ0v) is 14.3. The lowest BCUT2D eigenvalue weighted by Crippen LogP contribution is -2.42. The van der Waals surface area contributed by atoms with Crippen molar-refractivity contribution in [3.05, 3.63) is 35.4 Å². The van der Waals surface area contributed by atoms with E-state index in [-0.39, 0.29) is 24.4 Å². The monoisotopic (exact) mass is 343 g/mol. The molecule has 1 saturated heterocycles. The molecule has 1 N–H and O–H groups in total. The van der Waals surface area contributed by atoms with E-state index >= 15 is 0 Å². The van der Waals surface area contributed by atoms with Crippen LogP contribution in [-0.4, -0.2) is 59.1 Å². The molecule has 0 spiro atoms. The van der Waals surface area contributed by atoms with E-state index in [1.807, 2.05) is 13.8 Å². The molecule has 2 aliphatic heterocycles. The Bertz CT molecular complexity index is 709. The second-order valence-corrected chi connectivity index (χ2v) is 6.76. The van der Waals surface area contributed by atoms with Crippen molar-refractivity contribution in [2.24, 2.45) is 5.92 Å². The van der Waals surface area contributed by atoms with Crippen LogP contribution >= 0.6 is 0 Å². The zero-order valence-electron chi connectivity index (χ0n) is 14.3. The van der Waals surface area contributed by atoms with E-state index < -0.39 is 17.7 Å². The minimum absolute atomic E-state index is 0.0565. The summed E-state index contributed by atoms with van der Waals surface area (Å²) < 4.78 is 0. The van der Waals surface area contributed by atoms with Crippen molar-refractivity contribution < 1.29 is 19.2 Å². The average molecular weight is 343 g/mol. The molecule has 0 bridgehead atoms. The molecule has 0 aliphatic carbocycles. The highest BCUT2D eigenvalue weighted by Crippen LogP contribution is 2.22. The highest BCUT2D eigenvalue weighted by Gasteiger charge is 2.36. The van der Waals surface area contributed by atoms with Crippen molar-refractivity contribution in [1.82, 2.24) is 15.1 Å². The fraction of sp³-hybridized carbons (Fsp3) is 0.444. The Morgan fingerprint density at radius 2 is 1.76 bits per heavy atom. The molecule has 0 aromatic heterocycles. The van der Waals surface area contributed by atoms with Gasteiger partial charge in [0.25, 0.3) is 11.8 Å². The number of hydrogen-bond donors (Lipinski definition) is 1. The summed E-state index contributed by atoms with van der Waals surface area (Å²) in [5, 5.41) is 2.74. The Hall–Kier alpha value is -2.70. The van der Waals surface area contributed by atoms with Crippen molar-refractivity contribution in [3.63, 3.8) is 0 Å². The van der Waals surface area contributed by atoms with Crippen LogP contribution in [0.3, 0.4) is 0 Å². The number of hydrogen-bond acceptors (Lipinski definition) is 4. The third kappa shape index (κ3) is 3.26. The normalized spacial score (nSPS) is 19.8. The lowest BCUT2D eigenvalue weighted by atomic mass is 10.1. The Kier molecular flexibility index (Phi) is 4.57. The molecule has 2 heterocycles. The summed E-state index contributed by atoms with van der Waals surface area (Å²) in [7, 11) is 0. The molecule has 7 nitrogen and oxygen atoms in total. The Labute approximate surface area is 146 Å². The highest BCUT2D eigenvalue weighted by molar-refractivity contribution is 6.22. The van der Waals surface area contributed by atoms with E-state index in [9.17, 15) is 19.2 Å². The molecule has 1 fully saturated rings. The summed E-state index contributed by atoms with van der Waals surface area (Å²) in [5.41, 5.74) is 0.656. The van der Waals surface area contributed by atoms with Crippen molar-refractivity contribution in [3.8, 4) is 0 Å². The number of nitrogens with one attached hydrogen (secondary N) is 1. The van der Waals surface area contributed by atoms with Crippen LogP contribution in [0.1, 0.15) is 41.0 Å². The summed E-state index contributed by atoms with van der Waals surface area (Å²) in [6, 6.07) is 6.68. The van der Waals surface area contributed by atoms with Crippen LogP contribution in [0.25, 0.3) is 0 Å². The zero-order chi connectivity index (χ0) is 18.1. The molecule has 0 saturated carbocycles. The number of amides is 4. The Morgan fingerprint density at radius 1 is 1.16 bits per heavy atom. The minimum atomic E-state index is -0.447. The third-order valence-corrected chi connectivity index (χ3v) is 4.63. The van der Waals surface area contributed by atoms with E-state index in [1.54, 1.807) is 29.2 Å². The summed E-state index contributed by atoms with van der Waals surface area (Å²) in [6.07, 6.45) is 0.408. The molecule has 132 valence electrons. The van der Waals surface area contributed by atoms with Gasteiger partial charge in [0, 0.05) is 31.5 Å². The lowest BCUT2D eigenvalue weighted by Gasteiger charge is -2.21. The number of benzene rings is 1. The van der Waals surface area contributed by atoms with Crippen LogP contribution in [0.2, 0.25) is 0 Å². The second-order valence-electron chi connectivity index (χ2n) is 6.76. The quantitative estimate of drug-likeness (QED) is 0.796. The molecular weight excluding hydrogens is 322 g/mol. The standard InChI is InChI=1S/C18H21N3O4/c1-11(2)20-9-12(7-16(20)23)8-19-15(22)10-21-17(24)13-5-3-4-6-14(13)18(21)25/h3-6,11-12H,7-10H2,1-2H3,(H,19,22). The first kappa shape index (κ1) is 17.1. The summed E-state index contributed by atoms with van der Waals surface area (Å²) in [5.74, 6) is -1.14. The van der Waals surface area contributed by atoms with Crippen molar-refractivity contribution in [1.29, 1.82) is 0 Å². The summed E-state index contributed by atoms with van der Waals surface area (Å²) >= 11 is 0. The van der Waals surface area contributed by atoms with Gasteiger partial charge >= 0.3 is 0 Å². The van der Waals surface area contributed by atoms with Gasteiger partial charge in [0.05, 0.1) is 11.1 Å². The topological polar surface area (TPSA) is 86.8 Å². The van der Waals surface area contributed by atoms with E-state index in [0.29, 0.717) is 30.6 Å². The second kappa shape index (κ2) is 6.66. The first-order valence-corrected chi connectivity index (χ1v) is 8.40. The SMILES string of the molecule is CC(C)N1CC(CNC(=O)CN2C(=O)c3ccccc3C2=O)CC1=O. The van der Waals surface area contributed by atoms with E-state index in [0.717, 1.165) is 4.90 Å². The number of nitrogens with zero attached hydrogens (tertiary/aromatic N) is 2. The number of fused-ring (bicyclic) bond motifs is 1. The first-order valence-electron chi connectivity index (χ1n) is 8.40. The van der Waals surface area contributed by atoms with Gasteiger partial charge < -0.3 is 10.2 Å². The van der Waals surface area contributed by atoms with Crippen LogP contribution in [0.15, 0.2) is 24.3 Å². The van der Waals surface area contributed by atoms with Crippen LogP contribution < -0.4 is 5.32 Å². The first-order chi connectivity index (χ1) is 11.9. The number of rotatable bonds is 5. The fourth-order valence-electron chi connectivity index (χ4n) is 3.28. The number of imide groups is 1. The van der Waals surface area contributed by atoms with Gasteiger partial charge in [-0.25, -0.2) is 0 Å². The van der Waals surface area contributed by atoms with Crippen molar-refractivity contribution >= 4 is 23.6 Å². The van der Waals surface area contributed by atoms with Gasteiger partial charge in [-0.2, -0.15) is 0 Å². The highest BCUT2D eigenvalue weighted by atomic mass is 16.2. The molecule has 25 heavy (non-hydrogen) atoms.